The second-order valence-electron chi connectivity index (χ2n) is 14.2. The number of hydrogen-bond acceptors (Lipinski definition) is 0. The first-order valence-electron chi connectivity index (χ1n) is 17.6. The largest absolute Gasteiger partial charge is 0.206 e. The van der Waals surface area contributed by atoms with Crippen molar-refractivity contribution in [3.63, 3.8) is 0 Å². The van der Waals surface area contributed by atoms with Gasteiger partial charge in [0.15, 0.2) is 0 Å². The topological polar surface area (TPSA) is 0 Å². The summed E-state index contributed by atoms with van der Waals surface area (Å²) in [5.74, 6) is 3.95. The van der Waals surface area contributed by atoms with Gasteiger partial charge in [0.25, 0.3) is 0 Å². The lowest BCUT2D eigenvalue weighted by atomic mass is 9.68. The van der Waals surface area contributed by atoms with E-state index >= 15 is 8.78 Å². The van der Waals surface area contributed by atoms with E-state index in [1.165, 1.54) is 109 Å². The molecule has 0 bridgehead atoms. The lowest BCUT2D eigenvalue weighted by molar-refractivity contribution is 0.155. The lowest BCUT2D eigenvalue weighted by Gasteiger charge is -2.38. The Balaban J connectivity index is 1.13. The third kappa shape index (κ3) is 8.03. The van der Waals surface area contributed by atoms with Crippen molar-refractivity contribution < 1.29 is 8.78 Å². The molecule has 3 fully saturated rings. The van der Waals surface area contributed by atoms with Gasteiger partial charge in [0.2, 0.25) is 0 Å². The van der Waals surface area contributed by atoms with Crippen LogP contribution in [-0.4, -0.2) is 0 Å². The zero-order valence-corrected chi connectivity index (χ0v) is 26.1. The van der Waals surface area contributed by atoms with Crippen LogP contribution in [0.4, 0.5) is 8.78 Å². The predicted octanol–water partition coefficient (Wildman–Crippen LogP) is 12.8. The van der Waals surface area contributed by atoms with Gasteiger partial charge < -0.3 is 0 Å². The molecule has 0 radical (unpaired) electrons. The average molecular weight is 563 g/mol. The Bertz CT molecular complexity index is 1060. The van der Waals surface area contributed by atoms with Gasteiger partial charge in [0.05, 0.1) is 0 Å². The molecule has 0 atom stereocenters. The Kier molecular flexibility index (Phi) is 11.4. The fourth-order valence-corrected chi connectivity index (χ4v) is 8.84. The third-order valence-corrected chi connectivity index (χ3v) is 11.6. The van der Waals surface area contributed by atoms with Gasteiger partial charge >= 0.3 is 0 Å². The van der Waals surface area contributed by atoms with Crippen molar-refractivity contribution in [3.05, 3.63) is 59.2 Å². The summed E-state index contributed by atoms with van der Waals surface area (Å²) in [6, 6.07) is 11.2. The molecule has 2 aromatic carbocycles. The van der Waals surface area contributed by atoms with Crippen LogP contribution in [-0.2, 0) is 0 Å². The molecule has 3 aliphatic carbocycles. The number of halogens is 2. The molecule has 0 unspecified atom stereocenters. The molecule has 0 aromatic heterocycles. The van der Waals surface area contributed by atoms with Crippen LogP contribution in [0, 0.1) is 35.3 Å². The number of rotatable bonds is 11. The van der Waals surface area contributed by atoms with Crippen LogP contribution in [0.5, 0.6) is 0 Å². The highest BCUT2D eigenvalue weighted by atomic mass is 19.1. The molecule has 0 amide bonds. The molecule has 0 N–H and O–H groups in total. The van der Waals surface area contributed by atoms with Gasteiger partial charge in [-0.25, -0.2) is 8.78 Å². The van der Waals surface area contributed by atoms with Gasteiger partial charge in [-0.2, -0.15) is 0 Å². The second kappa shape index (κ2) is 15.2. The van der Waals surface area contributed by atoms with Crippen molar-refractivity contribution >= 4 is 0 Å². The minimum Gasteiger partial charge on any atom is -0.206 e. The Morgan fingerprint density at radius 3 is 1.39 bits per heavy atom. The van der Waals surface area contributed by atoms with E-state index in [1.54, 1.807) is 12.1 Å². The van der Waals surface area contributed by atoms with Gasteiger partial charge in [-0.05, 0) is 123 Å². The first kappa shape index (κ1) is 30.7. The molecule has 3 saturated carbocycles. The van der Waals surface area contributed by atoms with Crippen LogP contribution in [0.2, 0.25) is 0 Å². The molecular weight excluding hydrogens is 506 g/mol. The van der Waals surface area contributed by atoms with E-state index in [-0.39, 0.29) is 11.6 Å². The molecular formula is C39H56F2. The van der Waals surface area contributed by atoms with E-state index in [0.717, 1.165) is 47.6 Å². The zero-order valence-electron chi connectivity index (χ0n) is 26.1. The predicted molar refractivity (Wildman–Crippen MR) is 170 cm³/mol. The molecule has 0 spiro atoms. The molecule has 2 aromatic rings. The Hall–Kier alpha value is -1.70. The quantitative estimate of drug-likeness (QED) is 0.239. The number of unbranched alkanes of at least 4 members (excludes halogenated alkanes) is 3. The van der Waals surface area contributed by atoms with Gasteiger partial charge in [0.1, 0.15) is 11.6 Å². The summed E-state index contributed by atoms with van der Waals surface area (Å²) < 4.78 is 30.7. The molecule has 41 heavy (non-hydrogen) atoms. The van der Waals surface area contributed by atoms with Crippen molar-refractivity contribution in [2.45, 2.75) is 148 Å². The fraction of sp³-hybridized carbons (Fsp3) is 0.692. The van der Waals surface area contributed by atoms with E-state index in [9.17, 15) is 0 Å². The van der Waals surface area contributed by atoms with Crippen molar-refractivity contribution in [3.8, 4) is 11.1 Å². The van der Waals surface area contributed by atoms with Gasteiger partial charge in [-0.15, -0.1) is 0 Å². The summed E-state index contributed by atoms with van der Waals surface area (Å²) in [6.45, 7) is 4.56. The normalized spacial score (nSPS) is 29.0. The minimum atomic E-state index is -0.275. The molecule has 0 saturated heterocycles. The maximum atomic E-state index is 15.4. The highest BCUT2D eigenvalue weighted by Gasteiger charge is 2.31. The van der Waals surface area contributed by atoms with Crippen molar-refractivity contribution in [2.24, 2.45) is 23.7 Å². The van der Waals surface area contributed by atoms with E-state index in [0.29, 0.717) is 23.0 Å². The minimum absolute atomic E-state index is 0.269. The summed E-state index contributed by atoms with van der Waals surface area (Å²) in [4.78, 5) is 0. The highest BCUT2D eigenvalue weighted by molar-refractivity contribution is 5.66. The summed E-state index contributed by atoms with van der Waals surface area (Å²) in [6.07, 6.45) is 25.0. The van der Waals surface area contributed by atoms with Crippen LogP contribution in [0.3, 0.4) is 0 Å². The Morgan fingerprint density at radius 2 is 0.927 bits per heavy atom. The zero-order chi connectivity index (χ0) is 28.6. The highest BCUT2D eigenvalue weighted by Crippen LogP contribution is 2.45. The molecule has 0 aliphatic heterocycles. The molecule has 0 heterocycles. The molecule has 0 nitrogen and oxygen atoms in total. The summed E-state index contributed by atoms with van der Waals surface area (Å²) in [7, 11) is 0. The maximum Gasteiger partial charge on any atom is 0.131 e. The van der Waals surface area contributed by atoms with Gasteiger partial charge in [-0.1, -0.05) is 95.9 Å². The van der Waals surface area contributed by atoms with Crippen LogP contribution < -0.4 is 0 Å². The van der Waals surface area contributed by atoms with E-state index < -0.39 is 0 Å². The summed E-state index contributed by atoms with van der Waals surface area (Å²) in [5.41, 5.74) is 3.02. The molecule has 2 heteroatoms. The van der Waals surface area contributed by atoms with E-state index in [1.807, 2.05) is 12.1 Å². The van der Waals surface area contributed by atoms with Crippen molar-refractivity contribution in [2.75, 3.05) is 0 Å². The SMILES string of the molecule is CCCCCC1CCC(C2CCC(c3ccc(-c4ccc(C5CCC(CCCC)CC5)cc4F)c(F)c3)CC2)CC1. The van der Waals surface area contributed by atoms with Gasteiger partial charge in [-0.3, -0.25) is 0 Å². The van der Waals surface area contributed by atoms with Crippen LogP contribution >= 0.6 is 0 Å². The standard InChI is InChI=1S/C39H56F2/c1-3-5-7-9-29-10-14-30(15-11-29)31-18-20-33(21-19-31)35-23-25-37(39(41)27-35)36-24-22-34(26-38(36)40)32-16-12-28(13-17-32)8-6-4-2/h22-33H,3-21H2,1-2H3. The van der Waals surface area contributed by atoms with Gasteiger partial charge in [0, 0.05) is 11.1 Å². The number of benzene rings is 2. The van der Waals surface area contributed by atoms with Crippen LogP contribution in [0.15, 0.2) is 36.4 Å². The summed E-state index contributed by atoms with van der Waals surface area (Å²) >= 11 is 0. The van der Waals surface area contributed by atoms with Crippen molar-refractivity contribution in [1.82, 2.24) is 0 Å². The maximum absolute atomic E-state index is 15.4. The third-order valence-electron chi connectivity index (χ3n) is 11.6. The number of hydrogen-bond donors (Lipinski definition) is 0. The van der Waals surface area contributed by atoms with E-state index in [2.05, 4.69) is 26.0 Å². The Labute approximate surface area is 250 Å². The molecule has 226 valence electrons. The second-order valence-corrected chi connectivity index (χ2v) is 14.2. The first-order valence-corrected chi connectivity index (χ1v) is 17.6. The Morgan fingerprint density at radius 1 is 0.512 bits per heavy atom. The molecule has 5 rings (SSSR count). The van der Waals surface area contributed by atoms with Crippen LogP contribution in [0.25, 0.3) is 11.1 Å². The smallest absolute Gasteiger partial charge is 0.131 e. The monoisotopic (exact) mass is 562 g/mol. The fourth-order valence-electron chi connectivity index (χ4n) is 8.84. The lowest BCUT2D eigenvalue weighted by Crippen LogP contribution is -2.25. The average Bonchev–Trinajstić information content (AvgIpc) is 3.01. The van der Waals surface area contributed by atoms with E-state index in [4.69, 9.17) is 0 Å². The van der Waals surface area contributed by atoms with Crippen molar-refractivity contribution in [1.29, 1.82) is 0 Å². The van der Waals surface area contributed by atoms with Crippen LogP contribution in [0.1, 0.15) is 159 Å². The summed E-state index contributed by atoms with van der Waals surface area (Å²) in [5, 5.41) is 0. The molecule has 3 aliphatic rings. The first-order chi connectivity index (χ1) is 20.1.